The van der Waals surface area contributed by atoms with E-state index in [2.05, 4.69) is 0 Å². The first-order valence-electron chi connectivity index (χ1n) is 6.47. The molecule has 1 aromatic carbocycles. The fraction of sp³-hybridized carbons (Fsp3) is 0.267. The monoisotopic (exact) mass is 291 g/mol. The number of phenolic OH excluding ortho intramolecular Hbond substituents is 1. The minimum Gasteiger partial charge on any atom is -0.507 e. The van der Waals surface area contributed by atoms with Gasteiger partial charge in [0.15, 0.2) is 0 Å². The van der Waals surface area contributed by atoms with E-state index < -0.39 is 0 Å². The molecule has 1 N–H and O–H groups in total. The summed E-state index contributed by atoms with van der Waals surface area (Å²) in [6.45, 7) is 0.405. The van der Waals surface area contributed by atoms with Gasteiger partial charge in [-0.25, -0.2) is 0 Å². The molecular weight excluding hydrogens is 278 g/mol. The molecule has 0 saturated heterocycles. The third-order valence-corrected chi connectivity index (χ3v) is 3.58. The molecule has 0 unspecified atom stereocenters. The van der Waals surface area contributed by atoms with Crippen molar-refractivity contribution in [1.82, 2.24) is 4.90 Å². The largest absolute Gasteiger partial charge is 0.507 e. The molecule has 0 aliphatic heterocycles. The van der Waals surface area contributed by atoms with E-state index in [-0.39, 0.29) is 23.3 Å². The van der Waals surface area contributed by atoms with Gasteiger partial charge >= 0.3 is 0 Å². The summed E-state index contributed by atoms with van der Waals surface area (Å²) in [5.74, 6) is 0.458. The second-order valence-corrected chi connectivity index (χ2v) is 5.34. The lowest BCUT2D eigenvalue weighted by atomic mass is 10.1. The Morgan fingerprint density at radius 2 is 2.20 bits per heavy atom. The predicted molar refractivity (Wildman–Crippen MR) is 74.7 cm³/mol. The minimum atomic E-state index is -0.219. The number of phenols is 1. The van der Waals surface area contributed by atoms with Crippen LogP contribution in [0.2, 0.25) is 5.02 Å². The third-order valence-electron chi connectivity index (χ3n) is 3.34. The van der Waals surface area contributed by atoms with E-state index >= 15 is 0 Å². The van der Waals surface area contributed by atoms with Gasteiger partial charge in [0.2, 0.25) is 0 Å². The Bertz CT molecular complexity index is 620. The molecule has 0 bridgehead atoms. The highest BCUT2D eigenvalue weighted by molar-refractivity contribution is 6.31. The maximum Gasteiger partial charge on any atom is 0.258 e. The topological polar surface area (TPSA) is 53.7 Å². The number of amides is 1. The Morgan fingerprint density at radius 3 is 2.85 bits per heavy atom. The van der Waals surface area contributed by atoms with Crippen molar-refractivity contribution in [2.24, 2.45) is 0 Å². The number of hydrogen-bond acceptors (Lipinski definition) is 3. The number of carbonyl (C=O) groups excluding carboxylic acids is 1. The minimum absolute atomic E-state index is 0.0514. The summed E-state index contributed by atoms with van der Waals surface area (Å²) >= 11 is 5.90. The average Bonchev–Trinajstić information content (AvgIpc) is 3.15. The molecule has 1 amide bonds. The molecule has 20 heavy (non-hydrogen) atoms. The zero-order valence-corrected chi connectivity index (χ0v) is 11.5. The van der Waals surface area contributed by atoms with E-state index in [0.29, 0.717) is 11.6 Å². The molecule has 1 saturated carbocycles. The lowest BCUT2D eigenvalue weighted by Gasteiger charge is -2.21. The summed E-state index contributed by atoms with van der Waals surface area (Å²) in [7, 11) is 0. The normalized spacial score (nSPS) is 14.2. The van der Waals surface area contributed by atoms with Gasteiger partial charge in [-0.15, -0.1) is 0 Å². The average molecular weight is 292 g/mol. The first-order chi connectivity index (χ1) is 9.65. The van der Waals surface area contributed by atoms with E-state index in [4.69, 9.17) is 16.0 Å². The van der Waals surface area contributed by atoms with Gasteiger partial charge in [0, 0.05) is 11.1 Å². The first-order valence-corrected chi connectivity index (χ1v) is 6.85. The van der Waals surface area contributed by atoms with Crippen LogP contribution in [0.4, 0.5) is 0 Å². The summed E-state index contributed by atoms with van der Waals surface area (Å²) in [4.78, 5) is 14.3. The zero-order chi connectivity index (χ0) is 14.1. The molecule has 0 radical (unpaired) electrons. The Kier molecular flexibility index (Phi) is 3.40. The maximum atomic E-state index is 12.6. The van der Waals surface area contributed by atoms with Crippen LogP contribution in [0.3, 0.4) is 0 Å². The number of rotatable bonds is 4. The number of nitrogens with zero attached hydrogens (tertiary/aromatic N) is 1. The van der Waals surface area contributed by atoms with Crippen molar-refractivity contribution in [3.8, 4) is 5.75 Å². The Labute approximate surface area is 121 Å². The highest BCUT2D eigenvalue weighted by Gasteiger charge is 2.34. The molecular formula is C15H14ClNO3. The van der Waals surface area contributed by atoms with Crippen LogP contribution in [0.5, 0.6) is 5.75 Å². The number of benzene rings is 1. The van der Waals surface area contributed by atoms with Gasteiger partial charge in [0.05, 0.1) is 18.4 Å². The van der Waals surface area contributed by atoms with Gasteiger partial charge in [0.25, 0.3) is 5.91 Å². The molecule has 2 aromatic rings. The van der Waals surface area contributed by atoms with E-state index in [0.717, 1.165) is 18.6 Å². The first kappa shape index (κ1) is 13.1. The van der Waals surface area contributed by atoms with Crippen LogP contribution in [-0.4, -0.2) is 22.0 Å². The Hall–Kier alpha value is -1.94. The number of furan rings is 1. The number of halogens is 1. The molecule has 0 spiro atoms. The summed E-state index contributed by atoms with van der Waals surface area (Å²) in [6, 6.07) is 8.33. The lowest BCUT2D eigenvalue weighted by Crippen LogP contribution is -2.32. The number of hydrogen-bond donors (Lipinski definition) is 1. The highest BCUT2D eigenvalue weighted by Crippen LogP contribution is 2.32. The molecule has 1 aliphatic carbocycles. The van der Waals surface area contributed by atoms with E-state index in [1.165, 1.54) is 12.1 Å². The van der Waals surface area contributed by atoms with E-state index in [1.807, 2.05) is 6.07 Å². The fourth-order valence-electron chi connectivity index (χ4n) is 2.16. The third kappa shape index (κ3) is 2.65. The van der Waals surface area contributed by atoms with Crippen LogP contribution in [-0.2, 0) is 6.54 Å². The van der Waals surface area contributed by atoms with Crippen molar-refractivity contribution < 1.29 is 14.3 Å². The van der Waals surface area contributed by atoms with Crippen LogP contribution in [0.15, 0.2) is 41.0 Å². The van der Waals surface area contributed by atoms with Crippen LogP contribution < -0.4 is 0 Å². The van der Waals surface area contributed by atoms with Gasteiger partial charge < -0.3 is 14.4 Å². The van der Waals surface area contributed by atoms with Crippen molar-refractivity contribution in [3.05, 3.63) is 52.9 Å². The van der Waals surface area contributed by atoms with Gasteiger partial charge in [-0.05, 0) is 43.2 Å². The standard InChI is InChI=1S/C15H14ClNO3/c16-10-3-6-14(18)13(8-10)15(19)17(11-4-5-11)9-12-2-1-7-20-12/h1-3,6-8,11,18H,4-5,9H2. The molecule has 5 heteroatoms. The van der Waals surface area contributed by atoms with E-state index in [9.17, 15) is 9.90 Å². The number of carbonyl (C=O) groups is 1. The molecule has 1 fully saturated rings. The molecule has 104 valence electrons. The summed E-state index contributed by atoms with van der Waals surface area (Å²) in [5.41, 5.74) is 0.232. The summed E-state index contributed by atoms with van der Waals surface area (Å²) in [5, 5.41) is 10.3. The quantitative estimate of drug-likeness (QED) is 0.939. The molecule has 1 aromatic heterocycles. The molecule has 0 atom stereocenters. The number of aromatic hydroxyl groups is 1. The Balaban J connectivity index is 1.87. The van der Waals surface area contributed by atoms with Crippen LogP contribution in [0.1, 0.15) is 29.0 Å². The Morgan fingerprint density at radius 1 is 1.40 bits per heavy atom. The molecule has 1 heterocycles. The van der Waals surface area contributed by atoms with Crippen LogP contribution >= 0.6 is 11.6 Å². The van der Waals surface area contributed by atoms with Crippen molar-refractivity contribution in [2.45, 2.75) is 25.4 Å². The highest BCUT2D eigenvalue weighted by atomic mass is 35.5. The predicted octanol–water partition coefficient (Wildman–Crippen LogP) is 3.44. The summed E-state index contributed by atoms with van der Waals surface area (Å²) < 4.78 is 5.30. The van der Waals surface area contributed by atoms with Gasteiger partial charge in [-0.1, -0.05) is 11.6 Å². The van der Waals surface area contributed by atoms with Crippen molar-refractivity contribution >= 4 is 17.5 Å². The van der Waals surface area contributed by atoms with E-state index in [1.54, 1.807) is 23.3 Å². The second-order valence-electron chi connectivity index (χ2n) is 4.91. The van der Waals surface area contributed by atoms with Crippen LogP contribution in [0, 0.1) is 0 Å². The molecule has 4 nitrogen and oxygen atoms in total. The molecule has 1 aliphatic rings. The van der Waals surface area contributed by atoms with Gasteiger partial charge in [0.1, 0.15) is 11.5 Å². The van der Waals surface area contributed by atoms with Crippen molar-refractivity contribution in [3.63, 3.8) is 0 Å². The summed E-state index contributed by atoms with van der Waals surface area (Å²) in [6.07, 6.45) is 3.54. The lowest BCUT2D eigenvalue weighted by molar-refractivity contribution is 0.0714. The van der Waals surface area contributed by atoms with Crippen molar-refractivity contribution in [2.75, 3.05) is 0 Å². The fourth-order valence-corrected chi connectivity index (χ4v) is 2.33. The van der Waals surface area contributed by atoms with Gasteiger partial charge in [-0.2, -0.15) is 0 Å². The molecule has 3 rings (SSSR count). The van der Waals surface area contributed by atoms with Crippen LogP contribution in [0.25, 0.3) is 0 Å². The second kappa shape index (κ2) is 5.21. The SMILES string of the molecule is O=C(c1cc(Cl)ccc1O)N(Cc1ccco1)C1CC1. The van der Waals surface area contributed by atoms with Gasteiger partial charge in [-0.3, -0.25) is 4.79 Å². The van der Waals surface area contributed by atoms with Crippen molar-refractivity contribution in [1.29, 1.82) is 0 Å². The zero-order valence-electron chi connectivity index (χ0n) is 10.8. The smallest absolute Gasteiger partial charge is 0.258 e. The maximum absolute atomic E-state index is 12.6.